The first-order valence-electron chi connectivity index (χ1n) is 11.9. The van der Waals surface area contributed by atoms with Crippen molar-refractivity contribution in [3.05, 3.63) is 29.8 Å². The Kier molecular flexibility index (Phi) is 7.85. The molecule has 3 heterocycles. The number of carbonyl (C=O) groups is 2. The van der Waals surface area contributed by atoms with Crippen molar-refractivity contribution in [1.29, 1.82) is 0 Å². The van der Waals surface area contributed by atoms with Gasteiger partial charge in [0.25, 0.3) is 5.91 Å². The van der Waals surface area contributed by atoms with E-state index in [9.17, 15) is 14.7 Å². The molecule has 4 rings (SSSR count). The normalized spacial score (nSPS) is 24.8. The third-order valence-electron chi connectivity index (χ3n) is 6.80. The summed E-state index contributed by atoms with van der Waals surface area (Å²) >= 11 is 0. The van der Waals surface area contributed by atoms with Crippen molar-refractivity contribution >= 4 is 11.8 Å². The minimum absolute atomic E-state index is 0.0126. The summed E-state index contributed by atoms with van der Waals surface area (Å²) in [5.74, 6) is 0.796. The predicted molar refractivity (Wildman–Crippen MR) is 123 cm³/mol. The van der Waals surface area contributed by atoms with Gasteiger partial charge in [-0.1, -0.05) is 12.1 Å². The van der Waals surface area contributed by atoms with E-state index in [4.69, 9.17) is 9.47 Å². The lowest BCUT2D eigenvalue weighted by Crippen LogP contribution is -2.53. The van der Waals surface area contributed by atoms with Crippen LogP contribution in [0.4, 0.5) is 0 Å². The van der Waals surface area contributed by atoms with Crippen molar-refractivity contribution in [1.82, 2.24) is 19.6 Å². The number of likely N-dealkylation sites (tertiary alicyclic amines) is 1. The topological polar surface area (TPSA) is 85.8 Å². The van der Waals surface area contributed by atoms with Gasteiger partial charge in [-0.25, -0.2) is 0 Å². The van der Waals surface area contributed by atoms with E-state index in [0.717, 1.165) is 51.3 Å². The first kappa shape index (κ1) is 23.9. The Morgan fingerprint density at radius 2 is 1.67 bits per heavy atom. The zero-order valence-electron chi connectivity index (χ0n) is 19.6. The van der Waals surface area contributed by atoms with Gasteiger partial charge in [0.2, 0.25) is 5.91 Å². The van der Waals surface area contributed by atoms with Crippen LogP contribution in [0.2, 0.25) is 0 Å². The summed E-state index contributed by atoms with van der Waals surface area (Å²) in [6, 6.07) is 7.84. The Bertz CT molecular complexity index is 806. The van der Waals surface area contributed by atoms with Crippen LogP contribution < -0.4 is 4.74 Å². The Hall–Kier alpha value is -2.20. The van der Waals surface area contributed by atoms with Crippen LogP contribution in [0.15, 0.2) is 24.3 Å². The summed E-state index contributed by atoms with van der Waals surface area (Å²) in [5, 5.41) is 11.1. The standard InChI is InChI=1S/C24H36N4O5/c1-20(29)27-10-8-25(9-11-27)18-24(31)6-7-26(19-24)16-21-2-4-22(5-3-21)33-17-23(30)28-12-14-32-15-13-28/h2-5,31H,6-19H2,1H3/t24-/m1/s1. The van der Waals surface area contributed by atoms with Crippen LogP contribution in [0.3, 0.4) is 0 Å². The van der Waals surface area contributed by atoms with Gasteiger partial charge in [0.15, 0.2) is 6.61 Å². The molecule has 3 saturated heterocycles. The molecule has 0 aliphatic carbocycles. The second kappa shape index (κ2) is 10.8. The molecule has 0 radical (unpaired) electrons. The van der Waals surface area contributed by atoms with E-state index in [0.29, 0.717) is 45.1 Å². The maximum atomic E-state index is 12.2. The van der Waals surface area contributed by atoms with E-state index in [2.05, 4.69) is 9.80 Å². The molecule has 182 valence electrons. The first-order chi connectivity index (χ1) is 15.9. The number of ether oxygens (including phenoxy) is 2. The molecule has 0 bridgehead atoms. The van der Waals surface area contributed by atoms with Crippen LogP contribution in [0.25, 0.3) is 0 Å². The fraction of sp³-hybridized carbons (Fsp3) is 0.667. The van der Waals surface area contributed by atoms with Crippen molar-refractivity contribution in [3.8, 4) is 5.75 Å². The molecule has 1 aromatic rings. The van der Waals surface area contributed by atoms with Crippen molar-refractivity contribution < 1.29 is 24.2 Å². The van der Waals surface area contributed by atoms with Crippen molar-refractivity contribution in [2.24, 2.45) is 0 Å². The van der Waals surface area contributed by atoms with E-state index in [1.54, 1.807) is 11.8 Å². The number of morpholine rings is 1. The zero-order chi connectivity index (χ0) is 23.3. The Morgan fingerprint density at radius 3 is 2.33 bits per heavy atom. The fourth-order valence-corrected chi connectivity index (χ4v) is 4.84. The van der Waals surface area contributed by atoms with E-state index < -0.39 is 5.60 Å². The van der Waals surface area contributed by atoms with Gasteiger partial charge in [0.1, 0.15) is 5.75 Å². The highest BCUT2D eigenvalue weighted by molar-refractivity contribution is 5.77. The smallest absolute Gasteiger partial charge is 0.260 e. The van der Waals surface area contributed by atoms with Gasteiger partial charge >= 0.3 is 0 Å². The summed E-state index contributed by atoms with van der Waals surface area (Å²) in [6.07, 6.45) is 0.755. The predicted octanol–water partition coefficient (Wildman–Crippen LogP) is 0.0251. The Balaban J connectivity index is 1.19. The third-order valence-corrected chi connectivity index (χ3v) is 6.80. The number of carbonyl (C=O) groups excluding carboxylic acids is 2. The highest BCUT2D eigenvalue weighted by atomic mass is 16.5. The highest BCUT2D eigenvalue weighted by Gasteiger charge is 2.38. The van der Waals surface area contributed by atoms with Crippen LogP contribution in [-0.2, 0) is 20.9 Å². The lowest BCUT2D eigenvalue weighted by atomic mass is 10.0. The number of benzene rings is 1. The number of amides is 2. The monoisotopic (exact) mass is 460 g/mol. The van der Waals surface area contributed by atoms with E-state index >= 15 is 0 Å². The fourth-order valence-electron chi connectivity index (χ4n) is 4.84. The Labute approximate surface area is 195 Å². The van der Waals surface area contributed by atoms with Crippen molar-refractivity contribution in [2.45, 2.75) is 25.5 Å². The maximum Gasteiger partial charge on any atom is 0.260 e. The molecule has 3 fully saturated rings. The van der Waals surface area contributed by atoms with Crippen molar-refractivity contribution in [3.63, 3.8) is 0 Å². The van der Waals surface area contributed by atoms with Gasteiger partial charge in [-0.3, -0.25) is 19.4 Å². The molecule has 3 aliphatic rings. The summed E-state index contributed by atoms with van der Waals surface area (Å²) < 4.78 is 10.9. The van der Waals surface area contributed by atoms with Crippen LogP contribution in [0.1, 0.15) is 18.9 Å². The second-order valence-corrected chi connectivity index (χ2v) is 9.39. The van der Waals surface area contributed by atoms with Gasteiger partial charge in [0, 0.05) is 72.4 Å². The summed E-state index contributed by atoms with van der Waals surface area (Å²) in [6.45, 7) is 10.1. The number of rotatable bonds is 7. The van der Waals surface area contributed by atoms with Gasteiger partial charge in [0.05, 0.1) is 18.8 Å². The minimum atomic E-state index is -0.707. The van der Waals surface area contributed by atoms with E-state index in [1.165, 1.54) is 0 Å². The molecule has 1 aromatic carbocycles. The molecule has 0 spiro atoms. The molecular weight excluding hydrogens is 424 g/mol. The molecular formula is C24H36N4O5. The average molecular weight is 461 g/mol. The van der Waals surface area contributed by atoms with E-state index in [1.807, 2.05) is 29.2 Å². The summed E-state index contributed by atoms with van der Waals surface area (Å²) in [7, 11) is 0. The number of nitrogens with zero attached hydrogens (tertiary/aromatic N) is 4. The van der Waals surface area contributed by atoms with Crippen LogP contribution >= 0.6 is 0 Å². The zero-order valence-corrected chi connectivity index (χ0v) is 19.6. The quantitative estimate of drug-likeness (QED) is 0.614. The van der Waals surface area contributed by atoms with Crippen LogP contribution in [-0.4, -0.2) is 121 Å². The third kappa shape index (κ3) is 6.66. The average Bonchev–Trinajstić information content (AvgIpc) is 3.19. The highest BCUT2D eigenvalue weighted by Crippen LogP contribution is 2.25. The first-order valence-corrected chi connectivity index (χ1v) is 11.9. The summed E-state index contributed by atoms with van der Waals surface area (Å²) in [5.41, 5.74) is 0.447. The number of hydrogen-bond acceptors (Lipinski definition) is 7. The minimum Gasteiger partial charge on any atom is -0.484 e. The molecule has 9 heteroatoms. The van der Waals surface area contributed by atoms with Gasteiger partial charge in [-0.2, -0.15) is 0 Å². The molecule has 0 saturated carbocycles. The lowest BCUT2D eigenvalue weighted by molar-refractivity contribution is -0.137. The van der Waals surface area contributed by atoms with Crippen LogP contribution in [0, 0.1) is 0 Å². The molecule has 1 N–H and O–H groups in total. The Morgan fingerprint density at radius 1 is 0.970 bits per heavy atom. The maximum absolute atomic E-state index is 12.2. The number of hydrogen-bond donors (Lipinski definition) is 1. The van der Waals surface area contributed by atoms with Gasteiger partial charge in [-0.05, 0) is 24.1 Å². The number of β-amino-alcohol motifs (C(OH)–C–C–N with tert-alkyl or cyclic N) is 1. The largest absolute Gasteiger partial charge is 0.484 e. The molecule has 0 aromatic heterocycles. The van der Waals surface area contributed by atoms with E-state index in [-0.39, 0.29) is 18.4 Å². The SMILES string of the molecule is CC(=O)N1CCN(C[C@]2(O)CCN(Cc3ccc(OCC(=O)N4CCOCC4)cc3)C2)CC1. The molecule has 9 nitrogen and oxygen atoms in total. The molecule has 3 aliphatic heterocycles. The number of piperazine rings is 1. The number of aliphatic hydroxyl groups is 1. The molecule has 1 atom stereocenters. The second-order valence-electron chi connectivity index (χ2n) is 9.39. The molecule has 2 amide bonds. The van der Waals surface area contributed by atoms with Crippen molar-refractivity contribution in [2.75, 3.05) is 78.7 Å². The van der Waals surface area contributed by atoms with Crippen LogP contribution in [0.5, 0.6) is 5.75 Å². The lowest BCUT2D eigenvalue weighted by Gasteiger charge is -2.38. The summed E-state index contributed by atoms with van der Waals surface area (Å²) in [4.78, 5) is 31.9. The molecule has 0 unspecified atom stereocenters. The van der Waals surface area contributed by atoms with Gasteiger partial charge < -0.3 is 24.4 Å². The molecule has 33 heavy (non-hydrogen) atoms. The van der Waals surface area contributed by atoms with Gasteiger partial charge in [-0.15, -0.1) is 0 Å².